The van der Waals surface area contributed by atoms with E-state index in [1.165, 1.54) is 97.6 Å². The highest BCUT2D eigenvalue weighted by atomic mass is 16.5. The molecule has 0 bridgehead atoms. The highest BCUT2D eigenvalue weighted by Gasteiger charge is 2.17. The molecule has 0 aliphatic rings. The third-order valence-corrected chi connectivity index (χ3v) is 16.3. The van der Waals surface area contributed by atoms with Crippen molar-refractivity contribution in [2.24, 2.45) is 0 Å². The van der Waals surface area contributed by atoms with Gasteiger partial charge in [-0.15, -0.1) is 0 Å². The molecule has 2 unspecified atom stereocenters. The first-order valence-corrected chi connectivity index (χ1v) is 56.3. The Hall–Kier alpha value is -4.40. The molecule has 0 N–H and O–H groups in total. The Morgan fingerprint density at radius 2 is 0.486 bits per heavy atom. The molecule has 4 aromatic rings. The van der Waals surface area contributed by atoms with E-state index in [1.54, 1.807) is 0 Å². The van der Waals surface area contributed by atoms with Crippen LogP contribution in [0.3, 0.4) is 0 Å². The van der Waals surface area contributed by atoms with Crippen molar-refractivity contribution >= 4 is 0 Å². The molecule has 0 spiro atoms. The molecule has 16 heteroatoms. The topological polar surface area (TPSA) is 148 Å². The van der Waals surface area contributed by atoms with Gasteiger partial charge in [-0.05, 0) is 496 Å². The highest BCUT2D eigenvalue weighted by Crippen LogP contribution is 2.24. The molecule has 0 aliphatic carbocycles. The molecule has 0 aliphatic heterocycles. The number of rotatable bonds is 38. The molecule has 0 saturated carbocycles. The van der Waals surface area contributed by atoms with Crippen molar-refractivity contribution in [3.63, 3.8) is 0 Å². The number of unbranched alkanes of at least 4 members (excludes halogenated alkanes) is 6. The smallest absolute Gasteiger partial charge is 0.120 e. The first-order chi connectivity index (χ1) is 65.6. The molecular weight excluding hydrogens is 1790 g/mol. The predicted molar refractivity (Wildman–Crippen MR) is 638 cm³/mol. The summed E-state index contributed by atoms with van der Waals surface area (Å²) in [4.78, 5) is 0. The molecule has 2 atom stereocenters. The average Bonchev–Trinajstić information content (AvgIpc) is 0.869. The minimum Gasteiger partial charge on any atom is -0.491 e. The van der Waals surface area contributed by atoms with Crippen molar-refractivity contribution in [3.8, 4) is 23.0 Å². The van der Waals surface area contributed by atoms with E-state index in [9.17, 15) is 0 Å². The van der Waals surface area contributed by atoms with Gasteiger partial charge in [0, 0.05) is 52.9 Å². The molecule has 4 aromatic carbocycles. The monoisotopic (exact) mass is 2050 g/mol. The van der Waals surface area contributed by atoms with E-state index in [0.717, 1.165) is 102 Å². The van der Waals surface area contributed by atoms with Gasteiger partial charge >= 0.3 is 0 Å². The predicted octanol–water partition coefficient (Wildman–Crippen LogP) is 39.1. The highest BCUT2D eigenvalue weighted by molar-refractivity contribution is 5.34. The zero-order valence-corrected chi connectivity index (χ0v) is 108. The molecular formula is C128H256O16. The minimum absolute atomic E-state index is 0.0220. The second kappa shape index (κ2) is 100. The summed E-state index contributed by atoms with van der Waals surface area (Å²) >= 11 is 0. The lowest BCUT2D eigenvalue weighted by Gasteiger charge is -2.23. The van der Waals surface area contributed by atoms with Gasteiger partial charge in [-0.1, -0.05) is 141 Å². The van der Waals surface area contributed by atoms with Crippen LogP contribution >= 0.6 is 0 Å². The van der Waals surface area contributed by atoms with Crippen LogP contribution in [-0.2, 0) is 56.8 Å². The standard InChI is InChI=1S/C12H18O.2C11H16O.C10H14O.C9H20O.3C8H18O.4C7H16O.3C6H14O.C5H12O/c1-9-6-10(2)8-11(7-9)13-12(3,4)5;1-8(2)12-11-6-9(3)5-10(4)7-11;1-9-5-7-10(8-6-9)12-11(2,3)4;1-8(2)11-10-6-4-9(3)5-7-10;1-5-6-7-8-10-9(2,3)4;1-6-7(2)9-8(3,4)5;1-5-6-7-9-8(2,3)4;1-4-5-6-7-9-8(2)3;1-6(2)8-7(3,4)5;1-5-6-8-7(2,3)4;1-5-7(4)8-6(2)3;1-4-5-6-8-7(2)3;1-5-7-6(2,3)4;1-5(2)7-6(3)4;1-4-5-7-6(2)3;1-4-6-5(2)3/h6-8H,1-5H3;2*5-8H,1-4H3;4-8H,1-3H3;5-8H2,1-4H3;7H,6H2,1-5H3;5-7H2,1-4H3;8H,4-7H2,1-3H3;6H,1-5H3;5-6H2,1-4H3;6-7H,5H2,1-4H3;7H,4-6H2,1-3H3;5H2,1-4H3;5-6H,1-4H3;6H,4-5H2,1-3H3;5H,4H2,1-3H3. The van der Waals surface area contributed by atoms with Crippen LogP contribution in [0.2, 0.25) is 0 Å². The lowest BCUT2D eigenvalue weighted by molar-refractivity contribution is -0.0522. The fourth-order valence-electron chi connectivity index (χ4n) is 10.9. The van der Waals surface area contributed by atoms with E-state index in [4.69, 9.17) is 75.8 Å². The maximum Gasteiger partial charge on any atom is 0.120 e. The Bertz CT molecular complexity index is 3160. The SMILES string of the molecule is CC(C)OC(C)(C)C.CC(C)OC(C)C.CCC(C)OC(C)(C)C.CCC(C)OC(C)C.CCCCCOC(C)(C)C.CCCCCOC(C)C.CCCCOC(C)(C)C.CCCCOC(C)C.CCCOC(C)(C)C.CCCOC(C)C.CCOC(C)(C)C.CCOC(C)C.Cc1cc(C)cc(OC(C)(C)C)c1.Cc1cc(C)cc(OC(C)C)c1.Cc1ccc(OC(C)(C)C)cc1.Cc1ccc(OC(C)C)cc1. The zero-order valence-electron chi connectivity index (χ0n) is 108. The lowest BCUT2D eigenvalue weighted by Crippen LogP contribution is -2.24. The summed E-state index contributed by atoms with van der Waals surface area (Å²) in [7, 11) is 0. The fourth-order valence-corrected chi connectivity index (χ4v) is 10.9. The van der Waals surface area contributed by atoms with Gasteiger partial charge in [0.25, 0.3) is 0 Å². The van der Waals surface area contributed by atoms with Gasteiger partial charge in [0.2, 0.25) is 0 Å². The second-order valence-corrected chi connectivity index (χ2v) is 47.2. The summed E-state index contributed by atoms with van der Waals surface area (Å²) in [6, 6.07) is 28.8. The van der Waals surface area contributed by atoms with Crippen LogP contribution in [-0.4, -0.2) is 171 Å². The Morgan fingerprint density at radius 1 is 0.201 bits per heavy atom. The number of ether oxygens (including phenoxy) is 16. The van der Waals surface area contributed by atoms with Crippen molar-refractivity contribution < 1.29 is 75.8 Å². The van der Waals surface area contributed by atoms with Gasteiger partial charge in [-0.25, -0.2) is 0 Å². The summed E-state index contributed by atoms with van der Waals surface area (Å²) < 4.78 is 86.6. The van der Waals surface area contributed by atoms with Gasteiger partial charge in [0.05, 0.1) is 107 Å². The molecule has 0 radical (unpaired) electrons. The van der Waals surface area contributed by atoms with Crippen molar-refractivity contribution in [1.29, 1.82) is 0 Å². The van der Waals surface area contributed by atoms with Crippen LogP contribution in [0.25, 0.3) is 0 Å². The average molecular weight is 2050 g/mol. The van der Waals surface area contributed by atoms with E-state index >= 15 is 0 Å². The Morgan fingerprint density at radius 3 is 0.701 bits per heavy atom. The maximum absolute atomic E-state index is 5.76. The Labute approximate surface area is 901 Å². The maximum atomic E-state index is 5.76. The largest absolute Gasteiger partial charge is 0.491 e. The minimum atomic E-state index is -0.111. The molecule has 144 heavy (non-hydrogen) atoms. The Kier molecular flexibility index (Phi) is 115. The molecule has 0 heterocycles. The van der Waals surface area contributed by atoms with E-state index in [-0.39, 0.29) is 57.0 Å². The van der Waals surface area contributed by atoms with Gasteiger partial charge in [-0.2, -0.15) is 0 Å². The van der Waals surface area contributed by atoms with Crippen LogP contribution in [0.1, 0.15) is 511 Å². The molecule has 4 rings (SSSR count). The van der Waals surface area contributed by atoms with Crippen LogP contribution < -0.4 is 18.9 Å². The van der Waals surface area contributed by atoms with Crippen molar-refractivity contribution in [2.75, 3.05) is 52.9 Å². The van der Waals surface area contributed by atoms with E-state index < -0.39 is 0 Å². The number of hydrogen-bond donors (Lipinski definition) is 0. The zero-order chi connectivity index (χ0) is 115. The summed E-state index contributed by atoms with van der Waals surface area (Å²) in [5, 5.41) is 0. The molecule has 0 aromatic heterocycles. The third-order valence-electron chi connectivity index (χ3n) is 16.3. The van der Waals surface area contributed by atoms with Crippen LogP contribution in [0.4, 0.5) is 0 Å². The number of benzene rings is 4. The first kappa shape index (κ1) is 165. The van der Waals surface area contributed by atoms with E-state index in [0.29, 0.717) is 61.0 Å². The van der Waals surface area contributed by atoms with Crippen molar-refractivity contribution in [3.05, 3.63) is 118 Å². The van der Waals surface area contributed by atoms with E-state index in [2.05, 4.69) is 372 Å². The molecule has 0 amide bonds. The quantitative estimate of drug-likeness (QED) is 0.0392. The molecule has 0 saturated heterocycles. The normalized spacial score (nSPS) is 11.7. The second-order valence-electron chi connectivity index (χ2n) is 47.2. The van der Waals surface area contributed by atoms with Crippen LogP contribution in [0.5, 0.6) is 23.0 Å². The summed E-state index contributed by atoms with van der Waals surface area (Å²) in [6.45, 7) is 136. The molecule has 16 nitrogen and oxygen atoms in total. The lowest BCUT2D eigenvalue weighted by atomic mass is 10.1. The van der Waals surface area contributed by atoms with Gasteiger partial charge in [0.15, 0.2) is 0 Å². The van der Waals surface area contributed by atoms with Crippen molar-refractivity contribution in [2.45, 2.75) is 637 Å². The van der Waals surface area contributed by atoms with Crippen molar-refractivity contribution in [1.82, 2.24) is 0 Å². The summed E-state index contributed by atoms with van der Waals surface area (Å²) in [6.07, 6.45) is 21.2. The summed E-state index contributed by atoms with van der Waals surface area (Å²) in [5.41, 5.74) is 7.57. The van der Waals surface area contributed by atoms with Gasteiger partial charge in [0.1, 0.15) is 34.2 Å². The number of aryl methyl sites for hydroxylation is 6. The number of hydrogen-bond acceptors (Lipinski definition) is 16. The summed E-state index contributed by atoms with van der Waals surface area (Å²) in [5.74, 6) is 3.83. The van der Waals surface area contributed by atoms with Gasteiger partial charge < -0.3 is 75.8 Å². The van der Waals surface area contributed by atoms with Crippen LogP contribution in [0, 0.1) is 41.5 Å². The van der Waals surface area contributed by atoms with E-state index in [1.807, 2.05) is 142 Å². The Balaban J connectivity index is -0.000000130. The molecule has 864 valence electrons. The van der Waals surface area contributed by atoms with Crippen LogP contribution in [0.15, 0.2) is 84.9 Å². The third kappa shape index (κ3) is 179. The first-order valence-electron chi connectivity index (χ1n) is 56.3. The molecule has 0 fully saturated rings. The fraction of sp³-hybridized carbons (Fsp3) is 0.812. The van der Waals surface area contributed by atoms with Gasteiger partial charge in [-0.3, -0.25) is 0 Å².